The van der Waals surface area contributed by atoms with E-state index in [-0.39, 0.29) is 11.9 Å². The average molecular weight is 433 g/mol. The van der Waals surface area contributed by atoms with Crippen LogP contribution in [0.3, 0.4) is 0 Å². The lowest BCUT2D eigenvalue weighted by Crippen LogP contribution is -2.27. The van der Waals surface area contributed by atoms with Gasteiger partial charge in [0.1, 0.15) is 6.61 Å². The number of hydrogen-bond donors (Lipinski definition) is 1. The lowest BCUT2D eigenvalue weighted by molar-refractivity contribution is -0.115. The molecular weight excluding hydrogens is 408 g/mol. The van der Waals surface area contributed by atoms with Crippen molar-refractivity contribution in [2.75, 3.05) is 31.6 Å². The maximum Gasteiger partial charge on any atom is 0.338 e. The first kappa shape index (κ1) is 21.1. The Bertz CT molecular complexity index is 741. The van der Waals surface area contributed by atoms with Crippen molar-refractivity contribution in [2.45, 2.75) is 20.3 Å². The second-order valence-electron chi connectivity index (χ2n) is 6.09. The monoisotopic (exact) mass is 432 g/mol. The Morgan fingerprint density at radius 2 is 1.63 bits per heavy atom. The number of nitrogens with one attached hydrogen (secondary N) is 1. The molecule has 0 aliphatic rings. The van der Waals surface area contributed by atoms with Crippen LogP contribution < -0.4 is 5.32 Å². The van der Waals surface area contributed by atoms with E-state index >= 15 is 0 Å². The normalized spacial score (nSPS) is 10.7. The van der Waals surface area contributed by atoms with Gasteiger partial charge in [-0.3, -0.25) is 4.79 Å². The molecule has 0 radical (unpaired) electrons. The molecule has 0 heterocycles. The Balaban J connectivity index is 1.82. The van der Waals surface area contributed by atoms with E-state index < -0.39 is 0 Å². The van der Waals surface area contributed by atoms with E-state index in [1.54, 1.807) is 24.3 Å². The molecule has 1 N–H and O–H groups in total. The Morgan fingerprint density at radius 3 is 2.22 bits per heavy atom. The molecule has 0 aromatic heterocycles. The van der Waals surface area contributed by atoms with Crippen LogP contribution in [-0.2, 0) is 16.0 Å². The molecule has 0 aliphatic carbocycles. The second-order valence-corrected chi connectivity index (χ2v) is 7.01. The van der Waals surface area contributed by atoms with Crippen molar-refractivity contribution >= 4 is 33.5 Å². The second kappa shape index (κ2) is 10.8. The maximum absolute atomic E-state index is 12.1. The van der Waals surface area contributed by atoms with Crippen LogP contribution in [0.4, 0.5) is 5.69 Å². The standard InChI is InChI=1S/C21H25BrN2O3/c1-3-24(4-2)13-14-27-21(26)17-7-11-19(12-8-17)23-20(25)15-16-5-9-18(22)10-6-16/h5-12H,3-4,13-15H2,1-2H3,(H,23,25). The van der Waals surface area contributed by atoms with Gasteiger partial charge in [-0.15, -0.1) is 0 Å². The zero-order valence-corrected chi connectivity index (χ0v) is 17.3. The van der Waals surface area contributed by atoms with E-state index in [4.69, 9.17) is 4.74 Å². The van der Waals surface area contributed by atoms with E-state index in [9.17, 15) is 9.59 Å². The van der Waals surface area contributed by atoms with E-state index in [0.29, 0.717) is 24.3 Å². The van der Waals surface area contributed by atoms with E-state index in [1.165, 1.54) is 0 Å². The van der Waals surface area contributed by atoms with Gasteiger partial charge in [-0.1, -0.05) is 41.9 Å². The Labute approximate surface area is 168 Å². The molecule has 0 atom stereocenters. The molecule has 1 amide bonds. The van der Waals surface area contributed by atoms with Gasteiger partial charge >= 0.3 is 5.97 Å². The zero-order chi connectivity index (χ0) is 19.6. The first-order valence-electron chi connectivity index (χ1n) is 9.05. The summed E-state index contributed by atoms with van der Waals surface area (Å²) in [6.45, 7) is 7.12. The summed E-state index contributed by atoms with van der Waals surface area (Å²) in [5, 5.41) is 2.84. The minimum absolute atomic E-state index is 0.105. The molecular formula is C21H25BrN2O3. The fourth-order valence-electron chi connectivity index (χ4n) is 2.57. The van der Waals surface area contributed by atoms with Crippen molar-refractivity contribution in [1.29, 1.82) is 0 Å². The highest BCUT2D eigenvalue weighted by atomic mass is 79.9. The van der Waals surface area contributed by atoms with E-state index in [2.05, 4.69) is 40.0 Å². The number of carbonyl (C=O) groups excluding carboxylic acids is 2. The number of anilines is 1. The van der Waals surface area contributed by atoms with Gasteiger partial charge in [0.2, 0.25) is 5.91 Å². The highest BCUT2D eigenvalue weighted by molar-refractivity contribution is 9.10. The minimum atomic E-state index is -0.352. The van der Waals surface area contributed by atoms with Gasteiger partial charge < -0.3 is 15.0 Å². The molecule has 0 saturated heterocycles. The summed E-state index contributed by atoms with van der Waals surface area (Å²) in [5.74, 6) is -0.457. The smallest absolute Gasteiger partial charge is 0.338 e. The number of nitrogens with zero attached hydrogens (tertiary/aromatic N) is 1. The van der Waals surface area contributed by atoms with Gasteiger partial charge in [0.25, 0.3) is 0 Å². The largest absolute Gasteiger partial charge is 0.461 e. The van der Waals surface area contributed by atoms with Crippen molar-refractivity contribution in [1.82, 2.24) is 4.90 Å². The molecule has 0 aliphatic heterocycles. The van der Waals surface area contributed by atoms with E-state index in [1.807, 2.05) is 24.3 Å². The van der Waals surface area contributed by atoms with Crippen LogP contribution in [0.15, 0.2) is 53.0 Å². The highest BCUT2D eigenvalue weighted by Gasteiger charge is 2.09. The number of rotatable bonds is 9. The van der Waals surface area contributed by atoms with Crippen LogP contribution >= 0.6 is 15.9 Å². The van der Waals surface area contributed by atoms with Gasteiger partial charge in [-0.25, -0.2) is 4.79 Å². The van der Waals surface area contributed by atoms with Crippen molar-refractivity contribution in [3.8, 4) is 0 Å². The summed E-state index contributed by atoms with van der Waals surface area (Å²) in [5.41, 5.74) is 2.06. The molecule has 0 unspecified atom stereocenters. The molecule has 6 heteroatoms. The predicted molar refractivity (Wildman–Crippen MR) is 111 cm³/mol. The Kier molecular flexibility index (Phi) is 8.48. The van der Waals surface area contributed by atoms with Crippen molar-refractivity contribution in [3.63, 3.8) is 0 Å². The third-order valence-corrected chi connectivity index (χ3v) is 4.75. The molecule has 0 fully saturated rings. The molecule has 2 aromatic rings. The van der Waals surface area contributed by atoms with Crippen molar-refractivity contribution < 1.29 is 14.3 Å². The quantitative estimate of drug-likeness (QED) is 0.605. The number of esters is 1. The fraction of sp³-hybridized carbons (Fsp3) is 0.333. The first-order chi connectivity index (χ1) is 13.0. The number of ether oxygens (including phenoxy) is 1. The number of amides is 1. The number of carbonyl (C=O) groups is 2. The summed E-state index contributed by atoms with van der Waals surface area (Å²) in [6.07, 6.45) is 0.294. The van der Waals surface area contributed by atoms with Gasteiger partial charge in [0.05, 0.1) is 12.0 Å². The lowest BCUT2D eigenvalue weighted by Gasteiger charge is -2.17. The summed E-state index contributed by atoms with van der Waals surface area (Å²) in [4.78, 5) is 26.4. The molecule has 2 aromatic carbocycles. The predicted octanol–water partition coefficient (Wildman–Crippen LogP) is 4.13. The van der Waals surface area contributed by atoms with Crippen LogP contribution in [0.25, 0.3) is 0 Å². The third kappa shape index (κ3) is 7.15. The van der Waals surface area contributed by atoms with Crippen molar-refractivity contribution in [2.24, 2.45) is 0 Å². The van der Waals surface area contributed by atoms with E-state index in [0.717, 1.165) is 29.7 Å². The minimum Gasteiger partial charge on any atom is -0.461 e. The van der Waals surface area contributed by atoms with Crippen LogP contribution in [-0.4, -0.2) is 43.0 Å². The summed E-state index contributed by atoms with van der Waals surface area (Å²) in [6, 6.07) is 14.4. The summed E-state index contributed by atoms with van der Waals surface area (Å²) in [7, 11) is 0. The van der Waals surface area contributed by atoms with Gasteiger partial charge in [0.15, 0.2) is 0 Å². The number of halogens is 1. The number of hydrogen-bond acceptors (Lipinski definition) is 4. The lowest BCUT2D eigenvalue weighted by atomic mass is 10.1. The maximum atomic E-state index is 12.1. The first-order valence-corrected chi connectivity index (χ1v) is 9.85. The Morgan fingerprint density at radius 1 is 1.00 bits per heavy atom. The van der Waals surface area contributed by atoms with Gasteiger partial charge in [0, 0.05) is 16.7 Å². The zero-order valence-electron chi connectivity index (χ0n) is 15.7. The molecule has 2 rings (SSSR count). The molecule has 0 saturated carbocycles. The van der Waals surface area contributed by atoms with Crippen molar-refractivity contribution in [3.05, 3.63) is 64.1 Å². The molecule has 27 heavy (non-hydrogen) atoms. The van der Waals surface area contributed by atoms with Gasteiger partial charge in [-0.05, 0) is 55.1 Å². The number of benzene rings is 2. The van der Waals surface area contributed by atoms with Crippen LogP contribution in [0.1, 0.15) is 29.8 Å². The van der Waals surface area contributed by atoms with Gasteiger partial charge in [-0.2, -0.15) is 0 Å². The number of likely N-dealkylation sites (N-methyl/N-ethyl adjacent to an activating group) is 1. The molecule has 0 bridgehead atoms. The fourth-order valence-corrected chi connectivity index (χ4v) is 2.84. The summed E-state index contributed by atoms with van der Waals surface area (Å²) < 4.78 is 6.28. The van der Waals surface area contributed by atoms with Crippen LogP contribution in [0.5, 0.6) is 0 Å². The third-order valence-electron chi connectivity index (χ3n) is 4.22. The topological polar surface area (TPSA) is 58.6 Å². The highest BCUT2D eigenvalue weighted by Crippen LogP contribution is 2.13. The SMILES string of the molecule is CCN(CC)CCOC(=O)c1ccc(NC(=O)Cc2ccc(Br)cc2)cc1. The molecule has 144 valence electrons. The molecule has 0 spiro atoms. The van der Waals surface area contributed by atoms with Crippen LogP contribution in [0, 0.1) is 0 Å². The molecule has 5 nitrogen and oxygen atoms in total. The summed E-state index contributed by atoms with van der Waals surface area (Å²) >= 11 is 3.37. The van der Waals surface area contributed by atoms with Crippen LogP contribution in [0.2, 0.25) is 0 Å². The Hall–Kier alpha value is -2.18. The average Bonchev–Trinajstić information content (AvgIpc) is 2.67.